The molecule has 1 saturated carbocycles. The van der Waals surface area contributed by atoms with Crippen molar-refractivity contribution in [3.8, 4) is 0 Å². The number of amides is 3. The number of hydrogen-bond acceptors (Lipinski definition) is 6. The van der Waals surface area contributed by atoms with Gasteiger partial charge in [0.05, 0.1) is 12.3 Å². The van der Waals surface area contributed by atoms with Crippen molar-refractivity contribution in [2.75, 3.05) is 18.8 Å². The molecule has 1 heterocycles. The summed E-state index contributed by atoms with van der Waals surface area (Å²) < 4.78 is 1.89. The molecule has 10 heteroatoms. The molecule has 3 N–H and O–H groups in total. The SMILES string of the molecule is CCN(CC(=O)NC(C)C)C(=O)CSc1nnc(C2CC2)n1CCC(N)=O. The second kappa shape index (κ2) is 9.72. The van der Waals surface area contributed by atoms with Crippen molar-refractivity contribution in [1.82, 2.24) is 25.0 Å². The van der Waals surface area contributed by atoms with Crippen molar-refractivity contribution in [1.29, 1.82) is 0 Å². The zero-order valence-corrected chi connectivity index (χ0v) is 16.9. The van der Waals surface area contributed by atoms with Crippen LogP contribution in [0.25, 0.3) is 0 Å². The minimum absolute atomic E-state index is 0.0327. The number of likely N-dealkylation sites (N-methyl/N-ethyl adjacent to an activating group) is 1. The molecule has 0 bridgehead atoms. The van der Waals surface area contributed by atoms with E-state index < -0.39 is 0 Å². The summed E-state index contributed by atoms with van der Waals surface area (Å²) in [4.78, 5) is 37.0. The first kappa shape index (κ1) is 21.2. The summed E-state index contributed by atoms with van der Waals surface area (Å²) in [5.41, 5.74) is 5.26. The van der Waals surface area contributed by atoms with E-state index in [1.54, 1.807) is 0 Å². The van der Waals surface area contributed by atoms with Gasteiger partial charge >= 0.3 is 0 Å². The van der Waals surface area contributed by atoms with Gasteiger partial charge in [-0.1, -0.05) is 11.8 Å². The highest BCUT2D eigenvalue weighted by Gasteiger charge is 2.30. The van der Waals surface area contributed by atoms with Gasteiger partial charge in [0, 0.05) is 31.5 Å². The van der Waals surface area contributed by atoms with Crippen molar-refractivity contribution in [2.24, 2.45) is 5.73 Å². The Morgan fingerprint density at radius 1 is 1.33 bits per heavy atom. The minimum atomic E-state index is -0.384. The van der Waals surface area contributed by atoms with Crippen LogP contribution in [-0.4, -0.2) is 62.3 Å². The molecule has 0 aromatic carbocycles. The van der Waals surface area contributed by atoms with Gasteiger partial charge in [-0.2, -0.15) is 0 Å². The average Bonchev–Trinajstić information content (AvgIpc) is 3.35. The highest BCUT2D eigenvalue weighted by Crippen LogP contribution is 2.40. The van der Waals surface area contributed by atoms with Gasteiger partial charge in [-0.15, -0.1) is 10.2 Å². The monoisotopic (exact) mass is 396 g/mol. The molecule has 0 spiro atoms. The van der Waals surface area contributed by atoms with Crippen LogP contribution >= 0.6 is 11.8 Å². The van der Waals surface area contributed by atoms with E-state index in [1.807, 2.05) is 25.3 Å². The molecule has 27 heavy (non-hydrogen) atoms. The largest absolute Gasteiger partial charge is 0.370 e. The molecule has 1 aliphatic rings. The fourth-order valence-electron chi connectivity index (χ4n) is 2.62. The smallest absolute Gasteiger partial charge is 0.239 e. The summed E-state index contributed by atoms with van der Waals surface area (Å²) >= 11 is 1.27. The van der Waals surface area contributed by atoms with E-state index in [9.17, 15) is 14.4 Å². The van der Waals surface area contributed by atoms with Crippen LogP contribution in [0.3, 0.4) is 0 Å². The van der Waals surface area contributed by atoms with Gasteiger partial charge < -0.3 is 20.5 Å². The number of nitrogens with one attached hydrogen (secondary N) is 1. The molecule has 1 aromatic heterocycles. The van der Waals surface area contributed by atoms with Crippen LogP contribution in [0.5, 0.6) is 0 Å². The van der Waals surface area contributed by atoms with Crippen LogP contribution in [0.4, 0.5) is 0 Å². The van der Waals surface area contributed by atoms with Crippen LogP contribution in [-0.2, 0) is 20.9 Å². The van der Waals surface area contributed by atoms with E-state index in [2.05, 4.69) is 15.5 Å². The maximum Gasteiger partial charge on any atom is 0.239 e. The maximum absolute atomic E-state index is 12.5. The van der Waals surface area contributed by atoms with Gasteiger partial charge in [-0.25, -0.2) is 0 Å². The van der Waals surface area contributed by atoms with Crippen molar-refractivity contribution in [3.63, 3.8) is 0 Å². The number of carbonyl (C=O) groups is 3. The molecular weight excluding hydrogens is 368 g/mol. The Morgan fingerprint density at radius 2 is 2.04 bits per heavy atom. The molecule has 2 rings (SSSR count). The fraction of sp³-hybridized carbons (Fsp3) is 0.706. The topological polar surface area (TPSA) is 123 Å². The molecule has 0 unspecified atom stereocenters. The Kier molecular flexibility index (Phi) is 7.64. The molecule has 9 nitrogen and oxygen atoms in total. The first-order chi connectivity index (χ1) is 12.8. The van der Waals surface area contributed by atoms with E-state index in [-0.39, 0.29) is 42.5 Å². The van der Waals surface area contributed by atoms with Crippen molar-refractivity contribution in [2.45, 2.75) is 63.7 Å². The molecule has 0 radical (unpaired) electrons. The summed E-state index contributed by atoms with van der Waals surface area (Å²) in [6.07, 6.45) is 2.33. The summed E-state index contributed by atoms with van der Waals surface area (Å²) in [5, 5.41) is 11.8. The maximum atomic E-state index is 12.5. The number of nitrogens with zero attached hydrogens (tertiary/aromatic N) is 4. The second-order valence-corrected chi connectivity index (χ2v) is 7.84. The van der Waals surface area contributed by atoms with Crippen LogP contribution in [0, 0.1) is 0 Å². The third-order valence-electron chi connectivity index (χ3n) is 4.11. The Labute approximate surface area is 163 Å². The van der Waals surface area contributed by atoms with Gasteiger partial charge in [0.25, 0.3) is 0 Å². The number of carbonyl (C=O) groups excluding carboxylic acids is 3. The Morgan fingerprint density at radius 3 is 2.59 bits per heavy atom. The Balaban J connectivity index is 1.96. The zero-order valence-electron chi connectivity index (χ0n) is 16.1. The van der Waals surface area contributed by atoms with E-state index >= 15 is 0 Å². The number of nitrogens with two attached hydrogens (primary N) is 1. The predicted octanol–water partition coefficient (Wildman–Crippen LogP) is 0.496. The number of primary amides is 1. The number of hydrogen-bond donors (Lipinski definition) is 2. The molecule has 0 atom stereocenters. The average molecular weight is 397 g/mol. The lowest BCUT2D eigenvalue weighted by Crippen LogP contribution is -2.43. The van der Waals surface area contributed by atoms with E-state index in [4.69, 9.17) is 5.73 Å². The quantitative estimate of drug-likeness (QED) is 0.525. The number of thioether (sulfide) groups is 1. The molecular formula is C17H28N6O3S. The van der Waals surface area contributed by atoms with Crippen LogP contribution in [0.2, 0.25) is 0 Å². The third-order valence-corrected chi connectivity index (χ3v) is 5.06. The molecule has 1 fully saturated rings. The van der Waals surface area contributed by atoms with E-state index in [1.165, 1.54) is 16.7 Å². The molecule has 3 amide bonds. The Bertz CT molecular complexity index is 686. The number of aromatic nitrogens is 3. The normalized spacial score (nSPS) is 13.6. The van der Waals surface area contributed by atoms with Crippen molar-refractivity contribution < 1.29 is 14.4 Å². The predicted molar refractivity (Wildman–Crippen MR) is 102 cm³/mol. The molecule has 0 saturated heterocycles. The van der Waals surface area contributed by atoms with Gasteiger partial charge in [-0.3, -0.25) is 14.4 Å². The minimum Gasteiger partial charge on any atom is -0.370 e. The third kappa shape index (κ3) is 6.53. The molecule has 1 aromatic rings. The van der Waals surface area contributed by atoms with Gasteiger partial charge in [0.15, 0.2) is 5.16 Å². The highest BCUT2D eigenvalue weighted by molar-refractivity contribution is 7.99. The van der Waals surface area contributed by atoms with Gasteiger partial charge in [0.1, 0.15) is 5.82 Å². The van der Waals surface area contributed by atoms with Crippen molar-refractivity contribution >= 4 is 29.5 Å². The van der Waals surface area contributed by atoms with Crippen LogP contribution < -0.4 is 11.1 Å². The first-order valence-electron chi connectivity index (χ1n) is 9.23. The van der Waals surface area contributed by atoms with Gasteiger partial charge in [-0.05, 0) is 33.6 Å². The number of rotatable bonds is 11. The molecule has 150 valence electrons. The van der Waals surface area contributed by atoms with Crippen LogP contribution in [0.15, 0.2) is 5.16 Å². The lowest BCUT2D eigenvalue weighted by Gasteiger charge is -2.21. The van der Waals surface area contributed by atoms with E-state index in [0.717, 1.165) is 18.7 Å². The molecule has 1 aliphatic carbocycles. The highest BCUT2D eigenvalue weighted by atomic mass is 32.2. The van der Waals surface area contributed by atoms with Crippen molar-refractivity contribution in [3.05, 3.63) is 5.82 Å². The van der Waals surface area contributed by atoms with Crippen LogP contribution in [0.1, 0.15) is 51.8 Å². The standard InChI is InChI=1S/C17H28N6O3S/c1-4-22(9-14(25)19-11(2)3)15(26)10-27-17-21-20-16(12-5-6-12)23(17)8-7-13(18)24/h11-12H,4-10H2,1-3H3,(H2,18,24)(H,19,25). The second-order valence-electron chi connectivity index (χ2n) is 6.90. The fourth-order valence-corrected chi connectivity index (χ4v) is 3.49. The summed E-state index contributed by atoms with van der Waals surface area (Å²) in [7, 11) is 0. The molecule has 0 aliphatic heterocycles. The van der Waals surface area contributed by atoms with E-state index in [0.29, 0.717) is 24.2 Å². The zero-order chi connectivity index (χ0) is 20.0. The lowest BCUT2D eigenvalue weighted by atomic mass is 10.3. The first-order valence-corrected chi connectivity index (χ1v) is 10.2. The van der Waals surface area contributed by atoms with Gasteiger partial charge in [0.2, 0.25) is 17.7 Å². The summed E-state index contributed by atoms with van der Waals surface area (Å²) in [6, 6.07) is 0.0327. The summed E-state index contributed by atoms with van der Waals surface area (Å²) in [5.74, 6) is 0.690. The Hall–Kier alpha value is -2.10. The lowest BCUT2D eigenvalue weighted by molar-refractivity contribution is -0.134. The summed E-state index contributed by atoms with van der Waals surface area (Å²) in [6.45, 7) is 6.50.